The van der Waals surface area contributed by atoms with Gasteiger partial charge in [-0.25, -0.2) is 9.59 Å². The van der Waals surface area contributed by atoms with Gasteiger partial charge in [-0.15, -0.1) is 0 Å². The highest BCUT2D eigenvalue weighted by molar-refractivity contribution is 5.87. The van der Waals surface area contributed by atoms with Crippen molar-refractivity contribution < 1.29 is 33.9 Å². The Morgan fingerprint density at radius 2 is 2.07 bits per heavy atom. The van der Waals surface area contributed by atoms with Crippen molar-refractivity contribution in [3.05, 3.63) is 28.5 Å². The van der Waals surface area contributed by atoms with E-state index in [-0.39, 0.29) is 13.2 Å². The molecule has 1 saturated heterocycles. The SMILES string of the molecule is C/C=C(\C)C(=O)O[C@@H]1CC[N+]2([O-])CC=C(COC(=O)[C@](O)(C(C)C)[C@H](C)O)[C@H]12. The number of esters is 2. The number of hydroxylamine groups is 3. The Hall–Kier alpha value is -1.74. The zero-order chi connectivity index (χ0) is 21.3. The molecule has 0 aromatic heterocycles. The molecule has 0 bridgehead atoms. The molecule has 8 heteroatoms. The quantitative estimate of drug-likeness (QED) is 0.218. The van der Waals surface area contributed by atoms with Gasteiger partial charge in [-0.2, -0.15) is 0 Å². The fraction of sp³-hybridized carbons (Fsp3) is 0.700. The maximum absolute atomic E-state index is 13.0. The van der Waals surface area contributed by atoms with Crippen LogP contribution in [0.1, 0.15) is 41.0 Å². The summed E-state index contributed by atoms with van der Waals surface area (Å²) < 4.78 is 10.3. The summed E-state index contributed by atoms with van der Waals surface area (Å²) in [7, 11) is 0. The number of quaternary nitrogens is 1. The number of hydrogen-bond acceptors (Lipinski definition) is 7. The van der Waals surface area contributed by atoms with Crippen LogP contribution in [0.2, 0.25) is 0 Å². The summed E-state index contributed by atoms with van der Waals surface area (Å²) in [4.78, 5) is 24.5. The van der Waals surface area contributed by atoms with Crippen LogP contribution in [0, 0.1) is 11.1 Å². The first kappa shape index (κ1) is 22.5. The van der Waals surface area contributed by atoms with E-state index in [0.717, 1.165) is 0 Å². The molecule has 158 valence electrons. The molecule has 0 amide bonds. The number of allylic oxidation sites excluding steroid dienone is 1. The van der Waals surface area contributed by atoms with Crippen LogP contribution < -0.4 is 0 Å². The van der Waals surface area contributed by atoms with Gasteiger partial charge in [0.1, 0.15) is 6.61 Å². The Balaban J connectivity index is 2.10. The summed E-state index contributed by atoms with van der Waals surface area (Å²) >= 11 is 0. The van der Waals surface area contributed by atoms with Crippen molar-refractivity contribution in [1.29, 1.82) is 0 Å². The summed E-state index contributed by atoms with van der Waals surface area (Å²) in [6.07, 6.45) is 1.90. The molecule has 0 aliphatic carbocycles. The van der Waals surface area contributed by atoms with Gasteiger partial charge in [0.2, 0.25) is 0 Å². The lowest BCUT2D eigenvalue weighted by molar-refractivity contribution is -0.877. The Morgan fingerprint density at radius 3 is 2.61 bits per heavy atom. The van der Waals surface area contributed by atoms with Gasteiger partial charge in [0, 0.05) is 17.6 Å². The summed E-state index contributed by atoms with van der Waals surface area (Å²) in [6, 6.07) is -0.625. The number of rotatable bonds is 7. The van der Waals surface area contributed by atoms with Crippen LogP contribution in [-0.4, -0.2) is 70.3 Å². The van der Waals surface area contributed by atoms with E-state index in [0.29, 0.717) is 24.1 Å². The fourth-order valence-corrected chi connectivity index (χ4v) is 3.85. The summed E-state index contributed by atoms with van der Waals surface area (Å²) in [5, 5.41) is 33.4. The van der Waals surface area contributed by atoms with Gasteiger partial charge in [-0.05, 0) is 32.8 Å². The monoisotopic (exact) mass is 397 g/mol. The Morgan fingerprint density at radius 1 is 1.43 bits per heavy atom. The highest BCUT2D eigenvalue weighted by Gasteiger charge is 2.51. The zero-order valence-electron chi connectivity index (χ0n) is 17.2. The molecule has 0 aromatic rings. The molecule has 1 unspecified atom stereocenters. The number of aliphatic hydroxyl groups is 2. The van der Waals surface area contributed by atoms with Crippen LogP contribution in [0.25, 0.3) is 0 Å². The van der Waals surface area contributed by atoms with Crippen LogP contribution in [0.3, 0.4) is 0 Å². The van der Waals surface area contributed by atoms with E-state index in [1.807, 2.05) is 0 Å². The summed E-state index contributed by atoms with van der Waals surface area (Å²) in [6.45, 7) is 8.27. The second-order valence-corrected chi connectivity index (χ2v) is 8.02. The van der Waals surface area contributed by atoms with Gasteiger partial charge < -0.3 is 29.5 Å². The molecule has 1 fully saturated rings. The van der Waals surface area contributed by atoms with Gasteiger partial charge in [0.15, 0.2) is 17.7 Å². The number of aliphatic hydroxyl groups excluding tert-OH is 1. The van der Waals surface area contributed by atoms with Crippen LogP contribution in [-0.2, 0) is 19.1 Å². The highest BCUT2D eigenvalue weighted by Crippen LogP contribution is 2.38. The Bertz CT molecular complexity index is 674. The maximum atomic E-state index is 13.0. The molecule has 2 rings (SSSR count). The van der Waals surface area contributed by atoms with Gasteiger partial charge >= 0.3 is 11.9 Å². The first-order chi connectivity index (χ1) is 13.0. The number of fused-ring (bicyclic) bond motifs is 1. The number of hydrogen-bond donors (Lipinski definition) is 2. The van der Waals surface area contributed by atoms with Crippen LogP contribution in [0.15, 0.2) is 23.3 Å². The number of ether oxygens (including phenoxy) is 2. The Labute approximate surface area is 165 Å². The molecule has 2 N–H and O–H groups in total. The third kappa shape index (κ3) is 4.00. The maximum Gasteiger partial charge on any atom is 0.341 e. The van der Waals surface area contributed by atoms with E-state index in [2.05, 4.69) is 0 Å². The first-order valence-electron chi connectivity index (χ1n) is 9.65. The van der Waals surface area contributed by atoms with E-state index in [9.17, 15) is 25.0 Å². The topological polar surface area (TPSA) is 116 Å². The second kappa shape index (κ2) is 8.32. The molecule has 8 nitrogen and oxygen atoms in total. The average molecular weight is 397 g/mol. The predicted octanol–water partition coefficient (Wildman–Crippen LogP) is 1.20. The van der Waals surface area contributed by atoms with Gasteiger partial charge in [-0.1, -0.05) is 19.9 Å². The van der Waals surface area contributed by atoms with Crippen molar-refractivity contribution in [1.82, 2.24) is 0 Å². The van der Waals surface area contributed by atoms with Crippen LogP contribution in [0.4, 0.5) is 0 Å². The lowest BCUT2D eigenvalue weighted by atomic mass is 9.85. The minimum absolute atomic E-state index is 0.190. The zero-order valence-corrected chi connectivity index (χ0v) is 17.2. The molecule has 2 aliphatic heterocycles. The minimum Gasteiger partial charge on any atom is -0.632 e. The van der Waals surface area contributed by atoms with Crippen molar-refractivity contribution >= 4 is 11.9 Å². The van der Waals surface area contributed by atoms with Crippen LogP contribution >= 0.6 is 0 Å². The number of nitrogens with zero attached hydrogens (tertiary/aromatic N) is 1. The largest absolute Gasteiger partial charge is 0.632 e. The normalized spacial score (nSPS) is 30.5. The van der Waals surface area contributed by atoms with Crippen molar-refractivity contribution in [2.75, 3.05) is 19.7 Å². The molecular formula is C20H31NO7. The molecule has 5 atom stereocenters. The number of carbonyl (C=O) groups excluding carboxylic acids is 2. The Kier molecular flexibility index (Phi) is 6.70. The molecule has 0 spiro atoms. The van der Waals surface area contributed by atoms with Crippen molar-refractivity contribution in [2.24, 2.45) is 5.92 Å². The van der Waals surface area contributed by atoms with E-state index >= 15 is 0 Å². The molecule has 28 heavy (non-hydrogen) atoms. The number of carbonyl (C=O) groups is 2. The first-order valence-corrected chi connectivity index (χ1v) is 9.65. The molecule has 2 heterocycles. The summed E-state index contributed by atoms with van der Waals surface area (Å²) in [5.74, 6) is -1.96. The second-order valence-electron chi connectivity index (χ2n) is 8.02. The lowest BCUT2D eigenvalue weighted by Crippen LogP contribution is -2.53. The van der Waals surface area contributed by atoms with E-state index < -0.39 is 46.4 Å². The average Bonchev–Trinajstić information content (AvgIpc) is 3.13. The third-order valence-electron chi connectivity index (χ3n) is 5.92. The van der Waals surface area contributed by atoms with Crippen molar-refractivity contribution in [3.8, 4) is 0 Å². The smallest absolute Gasteiger partial charge is 0.341 e. The third-order valence-corrected chi connectivity index (χ3v) is 5.92. The van der Waals surface area contributed by atoms with Crippen molar-refractivity contribution in [2.45, 2.75) is 64.9 Å². The molecule has 0 aromatic carbocycles. The van der Waals surface area contributed by atoms with Crippen LogP contribution in [0.5, 0.6) is 0 Å². The van der Waals surface area contributed by atoms with E-state index in [1.165, 1.54) is 6.92 Å². The highest BCUT2D eigenvalue weighted by atomic mass is 16.6. The van der Waals surface area contributed by atoms with Gasteiger partial charge in [-0.3, -0.25) is 0 Å². The molecule has 2 aliphatic rings. The summed E-state index contributed by atoms with van der Waals surface area (Å²) in [5.41, 5.74) is -0.995. The van der Waals surface area contributed by atoms with E-state index in [1.54, 1.807) is 39.8 Å². The molecule has 0 radical (unpaired) electrons. The fourth-order valence-electron chi connectivity index (χ4n) is 3.85. The standard InChI is InChI=1S/C20H31NO7/c1-6-13(4)18(23)28-16-8-10-21(26)9-7-15(17(16)21)11-27-19(24)20(25,12(2)3)14(5)22/h6-7,12,14,16-17,22,25H,8-11H2,1-5H3/b13-6+/t14-,16+,17+,20-,21?/m0/s1. The van der Waals surface area contributed by atoms with E-state index in [4.69, 9.17) is 9.47 Å². The van der Waals surface area contributed by atoms with Crippen molar-refractivity contribution in [3.63, 3.8) is 0 Å². The molecule has 0 saturated carbocycles. The lowest BCUT2D eigenvalue weighted by Gasteiger charge is -2.40. The minimum atomic E-state index is -2.03. The molecular weight excluding hydrogens is 366 g/mol. The predicted molar refractivity (Wildman–Crippen MR) is 102 cm³/mol. The van der Waals surface area contributed by atoms with Gasteiger partial charge in [0.05, 0.1) is 19.2 Å². The van der Waals surface area contributed by atoms with Gasteiger partial charge in [0.25, 0.3) is 0 Å².